The molecule has 0 aliphatic carbocycles. The first kappa shape index (κ1) is 19.1. The summed E-state index contributed by atoms with van der Waals surface area (Å²) in [5.41, 5.74) is 2.59. The van der Waals surface area contributed by atoms with Gasteiger partial charge in [0.1, 0.15) is 0 Å². The first-order valence-electron chi connectivity index (χ1n) is 8.28. The van der Waals surface area contributed by atoms with Gasteiger partial charge in [0.15, 0.2) is 0 Å². The molecular formula is C19H24N2O3S. The molecule has 0 heterocycles. The van der Waals surface area contributed by atoms with Crippen molar-refractivity contribution in [1.82, 2.24) is 10.0 Å². The molecule has 134 valence electrons. The van der Waals surface area contributed by atoms with Crippen molar-refractivity contribution in [3.63, 3.8) is 0 Å². The van der Waals surface area contributed by atoms with E-state index in [1.54, 1.807) is 0 Å². The number of amides is 1. The summed E-state index contributed by atoms with van der Waals surface area (Å²) in [5.74, 6) is -0.234. The van der Waals surface area contributed by atoms with Crippen molar-refractivity contribution >= 4 is 15.9 Å². The molecule has 0 bridgehead atoms. The van der Waals surface area contributed by atoms with Gasteiger partial charge in [0.05, 0.1) is 4.90 Å². The molecule has 2 rings (SSSR count). The SMILES string of the molecule is CC[C@H](C)NS(=O)(=O)c1ccc(C(=O)NCc2ccccc2C)cc1. The van der Waals surface area contributed by atoms with Crippen molar-refractivity contribution in [3.8, 4) is 0 Å². The second kappa shape index (κ2) is 8.27. The normalized spacial score (nSPS) is 12.6. The average Bonchev–Trinajstić information content (AvgIpc) is 2.60. The highest BCUT2D eigenvalue weighted by Gasteiger charge is 2.17. The highest BCUT2D eigenvalue weighted by Crippen LogP contribution is 2.12. The summed E-state index contributed by atoms with van der Waals surface area (Å²) in [5, 5.41) is 2.85. The Kier molecular flexibility index (Phi) is 6.33. The molecule has 1 amide bonds. The average molecular weight is 360 g/mol. The van der Waals surface area contributed by atoms with Gasteiger partial charge >= 0.3 is 0 Å². The van der Waals surface area contributed by atoms with Gasteiger partial charge in [-0.2, -0.15) is 0 Å². The van der Waals surface area contributed by atoms with E-state index >= 15 is 0 Å². The van der Waals surface area contributed by atoms with Crippen LogP contribution < -0.4 is 10.0 Å². The fraction of sp³-hybridized carbons (Fsp3) is 0.316. The van der Waals surface area contributed by atoms with Gasteiger partial charge in [-0.15, -0.1) is 0 Å². The lowest BCUT2D eigenvalue weighted by molar-refractivity contribution is 0.0951. The van der Waals surface area contributed by atoms with Crippen molar-refractivity contribution < 1.29 is 13.2 Å². The zero-order chi connectivity index (χ0) is 18.4. The number of aryl methyl sites for hydroxylation is 1. The van der Waals surface area contributed by atoms with Crippen molar-refractivity contribution in [1.29, 1.82) is 0 Å². The topological polar surface area (TPSA) is 75.3 Å². The number of hydrogen-bond donors (Lipinski definition) is 2. The van der Waals surface area contributed by atoms with Gasteiger partial charge < -0.3 is 5.32 Å². The van der Waals surface area contributed by atoms with E-state index in [9.17, 15) is 13.2 Å². The molecule has 6 heteroatoms. The lowest BCUT2D eigenvalue weighted by Gasteiger charge is -2.12. The van der Waals surface area contributed by atoms with E-state index in [0.717, 1.165) is 11.1 Å². The molecule has 2 N–H and O–H groups in total. The maximum Gasteiger partial charge on any atom is 0.251 e. The van der Waals surface area contributed by atoms with Crippen LogP contribution in [0.15, 0.2) is 53.4 Å². The second-order valence-electron chi connectivity index (χ2n) is 6.06. The summed E-state index contributed by atoms with van der Waals surface area (Å²) < 4.78 is 27.0. The number of hydrogen-bond acceptors (Lipinski definition) is 3. The highest BCUT2D eigenvalue weighted by atomic mass is 32.2. The smallest absolute Gasteiger partial charge is 0.251 e. The van der Waals surface area contributed by atoms with Gasteiger partial charge in [0, 0.05) is 18.2 Å². The van der Waals surface area contributed by atoms with E-state index in [-0.39, 0.29) is 16.8 Å². The molecule has 0 unspecified atom stereocenters. The van der Waals surface area contributed by atoms with Gasteiger partial charge in [-0.05, 0) is 55.7 Å². The minimum atomic E-state index is -3.56. The molecule has 0 saturated carbocycles. The third-order valence-electron chi connectivity index (χ3n) is 4.10. The highest BCUT2D eigenvalue weighted by molar-refractivity contribution is 7.89. The van der Waals surface area contributed by atoms with E-state index in [0.29, 0.717) is 18.5 Å². The summed E-state index contributed by atoms with van der Waals surface area (Å²) in [6.45, 7) is 6.15. The summed E-state index contributed by atoms with van der Waals surface area (Å²) in [6.07, 6.45) is 0.707. The minimum absolute atomic E-state index is 0.137. The summed E-state index contributed by atoms with van der Waals surface area (Å²) in [4.78, 5) is 12.4. The molecule has 0 fully saturated rings. The molecule has 0 spiro atoms. The van der Waals surface area contributed by atoms with E-state index < -0.39 is 10.0 Å². The van der Waals surface area contributed by atoms with Crippen LogP contribution in [0, 0.1) is 6.92 Å². The molecule has 2 aromatic rings. The monoisotopic (exact) mass is 360 g/mol. The minimum Gasteiger partial charge on any atom is -0.348 e. The van der Waals surface area contributed by atoms with Gasteiger partial charge in [0.2, 0.25) is 10.0 Å². The van der Waals surface area contributed by atoms with E-state index in [1.165, 1.54) is 24.3 Å². The Morgan fingerprint density at radius 1 is 1.08 bits per heavy atom. The number of sulfonamides is 1. The fourth-order valence-electron chi connectivity index (χ4n) is 2.29. The quantitative estimate of drug-likeness (QED) is 0.797. The zero-order valence-electron chi connectivity index (χ0n) is 14.7. The van der Waals surface area contributed by atoms with Crippen LogP contribution in [0.1, 0.15) is 41.8 Å². The number of rotatable bonds is 7. The van der Waals surface area contributed by atoms with Crippen LogP contribution in [0.3, 0.4) is 0 Å². The maximum atomic E-state index is 12.2. The van der Waals surface area contributed by atoms with Gasteiger partial charge in [-0.25, -0.2) is 13.1 Å². The van der Waals surface area contributed by atoms with Crippen LogP contribution >= 0.6 is 0 Å². The number of carbonyl (C=O) groups is 1. The Bertz CT molecular complexity index is 830. The molecule has 0 radical (unpaired) electrons. The molecule has 5 nitrogen and oxygen atoms in total. The Balaban J connectivity index is 2.04. The largest absolute Gasteiger partial charge is 0.348 e. The van der Waals surface area contributed by atoms with Crippen LogP contribution in [0.4, 0.5) is 0 Å². The Labute approximate surface area is 149 Å². The summed E-state index contributed by atoms with van der Waals surface area (Å²) in [6, 6.07) is 13.7. The first-order valence-corrected chi connectivity index (χ1v) is 9.77. The molecule has 0 aliphatic heterocycles. The van der Waals surface area contributed by atoms with Crippen molar-refractivity contribution in [2.24, 2.45) is 0 Å². The van der Waals surface area contributed by atoms with E-state index in [1.807, 2.05) is 45.0 Å². The van der Waals surface area contributed by atoms with Crippen LogP contribution in [0.5, 0.6) is 0 Å². The van der Waals surface area contributed by atoms with Crippen LogP contribution in [0.25, 0.3) is 0 Å². The van der Waals surface area contributed by atoms with Crippen LogP contribution in [0.2, 0.25) is 0 Å². The fourth-order valence-corrected chi connectivity index (χ4v) is 3.61. The molecule has 2 aromatic carbocycles. The van der Waals surface area contributed by atoms with Crippen LogP contribution in [-0.2, 0) is 16.6 Å². The number of carbonyl (C=O) groups excluding carboxylic acids is 1. The van der Waals surface area contributed by atoms with E-state index in [2.05, 4.69) is 10.0 Å². The zero-order valence-corrected chi connectivity index (χ0v) is 15.6. The second-order valence-corrected chi connectivity index (χ2v) is 7.78. The van der Waals surface area contributed by atoms with Crippen molar-refractivity contribution in [2.45, 2.75) is 44.7 Å². The third kappa shape index (κ3) is 5.14. The predicted octanol–water partition coefficient (Wildman–Crippen LogP) is 3.00. The van der Waals surface area contributed by atoms with Crippen molar-refractivity contribution in [2.75, 3.05) is 0 Å². The van der Waals surface area contributed by atoms with Crippen LogP contribution in [-0.4, -0.2) is 20.4 Å². The predicted molar refractivity (Wildman–Crippen MR) is 98.9 cm³/mol. The maximum absolute atomic E-state index is 12.2. The van der Waals surface area contributed by atoms with Gasteiger partial charge in [-0.3, -0.25) is 4.79 Å². The van der Waals surface area contributed by atoms with Gasteiger partial charge in [0.25, 0.3) is 5.91 Å². The molecule has 0 aliphatic rings. The lowest BCUT2D eigenvalue weighted by atomic mass is 10.1. The number of benzene rings is 2. The Hall–Kier alpha value is -2.18. The molecule has 0 saturated heterocycles. The Morgan fingerprint density at radius 3 is 2.32 bits per heavy atom. The summed E-state index contributed by atoms with van der Waals surface area (Å²) >= 11 is 0. The molecular weight excluding hydrogens is 336 g/mol. The standard InChI is InChI=1S/C19H24N2O3S/c1-4-15(3)21-25(23,24)18-11-9-16(10-12-18)19(22)20-13-17-8-6-5-7-14(17)2/h5-12,15,21H,4,13H2,1-3H3,(H,20,22)/t15-/m0/s1. The molecule has 1 atom stereocenters. The van der Waals surface area contributed by atoms with Gasteiger partial charge in [-0.1, -0.05) is 31.2 Å². The molecule has 0 aromatic heterocycles. The van der Waals surface area contributed by atoms with E-state index in [4.69, 9.17) is 0 Å². The third-order valence-corrected chi connectivity index (χ3v) is 5.70. The molecule has 25 heavy (non-hydrogen) atoms. The lowest BCUT2D eigenvalue weighted by Crippen LogP contribution is -2.32. The summed E-state index contributed by atoms with van der Waals surface area (Å²) in [7, 11) is -3.56. The van der Waals surface area contributed by atoms with Crippen molar-refractivity contribution in [3.05, 3.63) is 65.2 Å². The Morgan fingerprint density at radius 2 is 1.72 bits per heavy atom. The first-order chi connectivity index (χ1) is 11.8. The number of nitrogens with one attached hydrogen (secondary N) is 2.